The van der Waals surface area contributed by atoms with E-state index in [1.54, 1.807) is 0 Å². The number of aromatic nitrogens is 2. The van der Waals surface area contributed by atoms with E-state index in [9.17, 15) is 0 Å². The number of pyridine rings is 1. The molecule has 0 fully saturated rings. The van der Waals surface area contributed by atoms with Gasteiger partial charge in [-0.3, -0.25) is 0 Å². The van der Waals surface area contributed by atoms with Crippen LogP contribution in [0.5, 0.6) is 0 Å². The Morgan fingerprint density at radius 1 is 1.17 bits per heavy atom. The summed E-state index contributed by atoms with van der Waals surface area (Å²) in [5, 5.41) is 20.4. The van der Waals surface area contributed by atoms with Crippen LogP contribution in [0, 0.1) is 26.2 Å². The molecular weight excluding hydrogens is 401 g/mol. The molecule has 1 N–H and O–H groups in total. The number of imidazole rings is 1. The number of benzene rings is 1. The van der Waals surface area contributed by atoms with Gasteiger partial charge in [-0.15, -0.1) is 0 Å². The van der Waals surface area contributed by atoms with Crippen molar-refractivity contribution in [3.05, 3.63) is 64.1 Å². The highest BCUT2D eigenvalue weighted by molar-refractivity contribution is 14.1. The first-order valence-corrected chi connectivity index (χ1v) is 7.79. The molecular formula is C17H10IN5. The second-order valence-electron chi connectivity index (χ2n) is 4.75. The SMILES string of the molecule is N#CC(C#N)=CNc1cccc(-c2cn3cc(I)ccc3n2)c1. The van der Waals surface area contributed by atoms with Gasteiger partial charge in [-0.2, -0.15) is 10.5 Å². The lowest BCUT2D eigenvalue weighted by atomic mass is 10.1. The van der Waals surface area contributed by atoms with Gasteiger partial charge in [-0.05, 0) is 46.9 Å². The molecule has 0 atom stereocenters. The second-order valence-corrected chi connectivity index (χ2v) is 5.99. The van der Waals surface area contributed by atoms with Gasteiger partial charge in [0.25, 0.3) is 0 Å². The van der Waals surface area contributed by atoms with Crippen molar-refractivity contribution in [2.24, 2.45) is 0 Å². The lowest BCUT2D eigenvalue weighted by Gasteiger charge is -2.02. The van der Waals surface area contributed by atoms with Crippen LogP contribution in [-0.2, 0) is 0 Å². The highest BCUT2D eigenvalue weighted by atomic mass is 127. The molecule has 3 aromatic rings. The maximum absolute atomic E-state index is 8.75. The summed E-state index contributed by atoms with van der Waals surface area (Å²) in [4.78, 5) is 4.60. The molecule has 5 nitrogen and oxygen atoms in total. The Labute approximate surface area is 146 Å². The van der Waals surface area contributed by atoms with Crippen molar-refractivity contribution in [3.63, 3.8) is 0 Å². The fraction of sp³-hybridized carbons (Fsp3) is 0. The van der Waals surface area contributed by atoms with E-state index in [-0.39, 0.29) is 5.57 Å². The molecule has 0 bridgehead atoms. The number of halogens is 1. The maximum Gasteiger partial charge on any atom is 0.145 e. The van der Waals surface area contributed by atoms with Crippen molar-refractivity contribution in [2.45, 2.75) is 0 Å². The lowest BCUT2D eigenvalue weighted by molar-refractivity contribution is 1.17. The van der Waals surface area contributed by atoms with Crippen LogP contribution < -0.4 is 5.32 Å². The van der Waals surface area contributed by atoms with Crippen molar-refractivity contribution in [1.29, 1.82) is 10.5 Å². The van der Waals surface area contributed by atoms with Crippen LogP contribution in [0.3, 0.4) is 0 Å². The smallest absolute Gasteiger partial charge is 0.145 e. The average molecular weight is 411 g/mol. The molecule has 0 aliphatic carbocycles. The van der Waals surface area contributed by atoms with Crippen molar-refractivity contribution < 1.29 is 0 Å². The quantitative estimate of drug-likeness (QED) is 0.523. The van der Waals surface area contributed by atoms with Crippen LogP contribution in [-0.4, -0.2) is 9.38 Å². The minimum atomic E-state index is 0.0257. The number of nitriles is 2. The topological polar surface area (TPSA) is 76.9 Å². The van der Waals surface area contributed by atoms with E-state index in [1.807, 2.05) is 65.3 Å². The summed E-state index contributed by atoms with van der Waals surface area (Å²) in [7, 11) is 0. The Morgan fingerprint density at radius 2 is 2.00 bits per heavy atom. The first-order chi connectivity index (χ1) is 11.2. The van der Waals surface area contributed by atoms with Crippen molar-refractivity contribution in [3.8, 4) is 23.4 Å². The van der Waals surface area contributed by atoms with E-state index in [0.29, 0.717) is 0 Å². The lowest BCUT2D eigenvalue weighted by Crippen LogP contribution is -1.90. The van der Waals surface area contributed by atoms with Crippen LogP contribution in [0.25, 0.3) is 16.9 Å². The van der Waals surface area contributed by atoms with E-state index in [0.717, 1.165) is 26.2 Å². The molecule has 0 spiro atoms. The third-order valence-electron chi connectivity index (χ3n) is 3.20. The third-order valence-corrected chi connectivity index (χ3v) is 3.84. The van der Waals surface area contributed by atoms with Gasteiger partial charge in [0.05, 0.1) is 5.69 Å². The van der Waals surface area contributed by atoms with Crippen LogP contribution >= 0.6 is 22.6 Å². The van der Waals surface area contributed by atoms with Gasteiger partial charge in [0.2, 0.25) is 0 Å². The number of hydrogen-bond donors (Lipinski definition) is 1. The Balaban J connectivity index is 1.94. The molecule has 0 radical (unpaired) electrons. The third kappa shape index (κ3) is 3.33. The zero-order valence-corrected chi connectivity index (χ0v) is 14.0. The number of rotatable bonds is 3. The normalized spacial score (nSPS) is 9.87. The van der Waals surface area contributed by atoms with Crippen LogP contribution in [0.2, 0.25) is 0 Å². The molecule has 0 unspecified atom stereocenters. The number of allylic oxidation sites excluding steroid dienone is 1. The minimum Gasteiger partial charge on any atom is -0.360 e. The van der Waals surface area contributed by atoms with E-state index in [1.165, 1.54) is 6.20 Å². The fourth-order valence-electron chi connectivity index (χ4n) is 2.12. The monoisotopic (exact) mass is 411 g/mol. The number of nitrogens with zero attached hydrogens (tertiary/aromatic N) is 4. The summed E-state index contributed by atoms with van der Waals surface area (Å²) >= 11 is 2.26. The van der Waals surface area contributed by atoms with Crippen molar-refractivity contribution in [1.82, 2.24) is 9.38 Å². The minimum absolute atomic E-state index is 0.0257. The van der Waals surface area contributed by atoms with Gasteiger partial charge in [-0.1, -0.05) is 12.1 Å². The molecule has 110 valence electrons. The molecule has 0 saturated carbocycles. The summed E-state index contributed by atoms with van der Waals surface area (Å²) in [5.41, 5.74) is 3.52. The Kier molecular flexibility index (Phi) is 4.26. The first-order valence-electron chi connectivity index (χ1n) is 6.71. The van der Waals surface area contributed by atoms with E-state index in [4.69, 9.17) is 10.5 Å². The van der Waals surface area contributed by atoms with Crippen LogP contribution in [0.4, 0.5) is 5.69 Å². The molecule has 0 aliphatic rings. The van der Waals surface area contributed by atoms with Crippen LogP contribution in [0.1, 0.15) is 0 Å². The van der Waals surface area contributed by atoms with Gasteiger partial charge in [0, 0.05) is 33.4 Å². The maximum atomic E-state index is 8.75. The van der Waals surface area contributed by atoms with E-state index in [2.05, 4.69) is 32.9 Å². The zero-order chi connectivity index (χ0) is 16.2. The van der Waals surface area contributed by atoms with Gasteiger partial charge >= 0.3 is 0 Å². The molecule has 0 aliphatic heterocycles. The molecule has 1 aromatic carbocycles. The van der Waals surface area contributed by atoms with Crippen LogP contribution in [0.15, 0.2) is 60.6 Å². The van der Waals surface area contributed by atoms with Gasteiger partial charge < -0.3 is 9.72 Å². The highest BCUT2D eigenvalue weighted by Gasteiger charge is 2.05. The molecule has 0 saturated heterocycles. The van der Waals surface area contributed by atoms with Gasteiger partial charge in [0.1, 0.15) is 23.4 Å². The average Bonchev–Trinajstić information content (AvgIpc) is 2.99. The van der Waals surface area contributed by atoms with Crippen molar-refractivity contribution >= 4 is 33.9 Å². The van der Waals surface area contributed by atoms with E-state index < -0.39 is 0 Å². The summed E-state index contributed by atoms with van der Waals surface area (Å²) in [5.74, 6) is 0. The Bertz CT molecular complexity index is 972. The number of fused-ring (bicyclic) bond motifs is 1. The Hall–Kier alpha value is -2.84. The molecule has 2 aromatic heterocycles. The Morgan fingerprint density at radius 3 is 2.78 bits per heavy atom. The summed E-state index contributed by atoms with van der Waals surface area (Å²) in [6.45, 7) is 0. The van der Waals surface area contributed by atoms with E-state index >= 15 is 0 Å². The fourth-order valence-corrected chi connectivity index (χ4v) is 2.60. The number of hydrogen-bond acceptors (Lipinski definition) is 4. The zero-order valence-electron chi connectivity index (χ0n) is 11.9. The number of anilines is 1. The predicted molar refractivity (Wildman–Crippen MR) is 96.3 cm³/mol. The molecule has 2 heterocycles. The molecule has 3 rings (SSSR count). The standard InChI is InChI=1S/C17H10IN5/c18-14-4-5-17-22-16(11-23(17)10-14)13-2-1-3-15(6-13)21-9-12(7-19)8-20/h1-6,9-11,21H. The molecule has 0 amide bonds. The summed E-state index contributed by atoms with van der Waals surface area (Å²) in [6.07, 6.45) is 5.39. The number of nitrogens with one attached hydrogen (secondary N) is 1. The summed E-state index contributed by atoms with van der Waals surface area (Å²) in [6, 6.07) is 15.3. The molecule has 23 heavy (non-hydrogen) atoms. The van der Waals surface area contributed by atoms with Gasteiger partial charge in [-0.25, -0.2) is 4.98 Å². The predicted octanol–water partition coefficient (Wildman–Crippen LogP) is 3.95. The van der Waals surface area contributed by atoms with Gasteiger partial charge in [0.15, 0.2) is 0 Å². The highest BCUT2D eigenvalue weighted by Crippen LogP contribution is 2.23. The second kappa shape index (κ2) is 6.51. The van der Waals surface area contributed by atoms with Crippen molar-refractivity contribution in [2.75, 3.05) is 5.32 Å². The molecule has 6 heteroatoms. The summed E-state index contributed by atoms with van der Waals surface area (Å²) < 4.78 is 3.13. The first kappa shape index (κ1) is 15.1. The largest absolute Gasteiger partial charge is 0.360 e.